The van der Waals surface area contributed by atoms with Crippen LogP contribution in [0, 0.1) is 0 Å². The maximum Gasteiger partial charge on any atom is 0.417 e. The van der Waals surface area contributed by atoms with Gasteiger partial charge in [-0.2, -0.15) is 13.2 Å². The van der Waals surface area contributed by atoms with Gasteiger partial charge < -0.3 is 5.32 Å². The number of hydrogen-bond acceptors (Lipinski definition) is 3. The van der Waals surface area contributed by atoms with Crippen molar-refractivity contribution in [3.63, 3.8) is 0 Å². The second kappa shape index (κ2) is 6.04. The number of nitrogens with one attached hydrogen (secondary N) is 1. The van der Waals surface area contributed by atoms with Crippen molar-refractivity contribution in [2.45, 2.75) is 38.0 Å². The van der Waals surface area contributed by atoms with E-state index in [1.54, 1.807) is 6.20 Å². The number of alkyl halides is 3. The van der Waals surface area contributed by atoms with Gasteiger partial charge in [0, 0.05) is 31.2 Å². The van der Waals surface area contributed by atoms with Crippen LogP contribution in [0.3, 0.4) is 0 Å². The number of hydrogen-bond donors (Lipinski definition) is 1. The fourth-order valence-electron chi connectivity index (χ4n) is 2.77. The van der Waals surface area contributed by atoms with Crippen molar-refractivity contribution in [3.05, 3.63) is 59.2 Å². The molecule has 116 valence electrons. The molecule has 1 aliphatic carbocycles. The standard InChI is InChI=1S/C16H16F3N3/c17-16(18,19)12-4-5-13(21-8-12)9-22-15-3-1-2-11-6-7-20-10-14(11)15/h4-8,10,15,22H,1-3,9H2/t15-/m1/s1. The third kappa shape index (κ3) is 3.27. The topological polar surface area (TPSA) is 37.8 Å². The van der Waals surface area contributed by atoms with E-state index < -0.39 is 11.7 Å². The van der Waals surface area contributed by atoms with Crippen molar-refractivity contribution in [1.29, 1.82) is 0 Å². The van der Waals surface area contributed by atoms with Crippen LogP contribution in [0.1, 0.15) is 41.3 Å². The van der Waals surface area contributed by atoms with Crippen LogP contribution in [0.2, 0.25) is 0 Å². The zero-order valence-corrected chi connectivity index (χ0v) is 11.9. The summed E-state index contributed by atoms with van der Waals surface area (Å²) in [6.07, 6.45) is 3.34. The summed E-state index contributed by atoms with van der Waals surface area (Å²) in [5.41, 5.74) is 2.35. The molecule has 0 fully saturated rings. The van der Waals surface area contributed by atoms with Gasteiger partial charge in [0.05, 0.1) is 11.3 Å². The Morgan fingerprint density at radius 2 is 2.05 bits per heavy atom. The van der Waals surface area contributed by atoms with Crippen molar-refractivity contribution in [2.24, 2.45) is 0 Å². The number of pyridine rings is 2. The number of fused-ring (bicyclic) bond motifs is 1. The maximum absolute atomic E-state index is 12.5. The van der Waals surface area contributed by atoms with E-state index in [1.165, 1.54) is 17.2 Å². The van der Waals surface area contributed by atoms with Gasteiger partial charge in [-0.15, -0.1) is 0 Å². The highest BCUT2D eigenvalue weighted by atomic mass is 19.4. The molecule has 0 saturated carbocycles. The molecule has 3 rings (SSSR count). The van der Waals surface area contributed by atoms with E-state index in [4.69, 9.17) is 0 Å². The van der Waals surface area contributed by atoms with Gasteiger partial charge in [0.25, 0.3) is 0 Å². The van der Waals surface area contributed by atoms with Gasteiger partial charge in [-0.1, -0.05) is 0 Å². The van der Waals surface area contributed by atoms with Crippen molar-refractivity contribution < 1.29 is 13.2 Å². The van der Waals surface area contributed by atoms with Crippen LogP contribution in [0.25, 0.3) is 0 Å². The van der Waals surface area contributed by atoms with Crippen LogP contribution < -0.4 is 5.32 Å². The van der Waals surface area contributed by atoms with Gasteiger partial charge in [-0.25, -0.2) is 0 Å². The predicted molar refractivity (Wildman–Crippen MR) is 76.0 cm³/mol. The molecular formula is C16H16F3N3. The second-order valence-electron chi connectivity index (χ2n) is 5.44. The fraction of sp³-hybridized carbons (Fsp3) is 0.375. The van der Waals surface area contributed by atoms with E-state index in [2.05, 4.69) is 15.3 Å². The van der Waals surface area contributed by atoms with Crippen molar-refractivity contribution >= 4 is 0 Å². The first-order valence-corrected chi connectivity index (χ1v) is 7.22. The minimum atomic E-state index is -4.34. The lowest BCUT2D eigenvalue weighted by Crippen LogP contribution is -2.25. The molecule has 0 radical (unpaired) electrons. The summed E-state index contributed by atoms with van der Waals surface area (Å²) in [6.45, 7) is 0.442. The van der Waals surface area contributed by atoms with E-state index in [-0.39, 0.29) is 6.04 Å². The zero-order chi connectivity index (χ0) is 15.6. The molecule has 22 heavy (non-hydrogen) atoms. The number of rotatable bonds is 3. The van der Waals surface area contributed by atoms with Crippen LogP contribution in [0.15, 0.2) is 36.8 Å². The average Bonchev–Trinajstić information content (AvgIpc) is 2.52. The summed E-state index contributed by atoms with van der Waals surface area (Å²) in [6, 6.07) is 4.70. The molecule has 0 bridgehead atoms. The first-order valence-electron chi connectivity index (χ1n) is 7.22. The summed E-state index contributed by atoms with van der Waals surface area (Å²) in [4.78, 5) is 8.05. The Morgan fingerprint density at radius 1 is 1.18 bits per heavy atom. The summed E-state index contributed by atoms with van der Waals surface area (Å²) in [5.74, 6) is 0. The van der Waals surface area contributed by atoms with E-state index in [0.29, 0.717) is 12.2 Å². The quantitative estimate of drug-likeness (QED) is 0.940. The summed E-state index contributed by atoms with van der Waals surface area (Å²) in [5, 5.41) is 3.37. The van der Waals surface area contributed by atoms with Crippen LogP contribution in [0.5, 0.6) is 0 Å². The van der Waals surface area contributed by atoms with Crippen molar-refractivity contribution in [2.75, 3.05) is 0 Å². The Bertz CT molecular complexity index is 638. The zero-order valence-electron chi connectivity index (χ0n) is 11.9. The molecule has 1 N–H and O–H groups in total. The van der Waals surface area contributed by atoms with Crippen LogP contribution >= 0.6 is 0 Å². The molecule has 0 amide bonds. The lowest BCUT2D eigenvalue weighted by atomic mass is 9.89. The van der Waals surface area contributed by atoms with Gasteiger partial charge in [0.1, 0.15) is 0 Å². The van der Waals surface area contributed by atoms with Crippen molar-refractivity contribution in [1.82, 2.24) is 15.3 Å². The third-order valence-electron chi connectivity index (χ3n) is 3.94. The molecule has 0 unspecified atom stereocenters. The van der Waals surface area contributed by atoms with E-state index in [9.17, 15) is 13.2 Å². The van der Waals surface area contributed by atoms with E-state index in [0.717, 1.165) is 31.5 Å². The molecule has 2 aromatic rings. The predicted octanol–water partition coefficient (Wildman–Crippen LogP) is 3.66. The van der Waals surface area contributed by atoms with Gasteiger partial charge >= 0.3 is 6.18 Å². The second-order valence-corrected chi connectivity index (χ2v) is 5.44. The normalized spacial score (nSPS) is 18.0. The molecule has 3 nitrogen and oxygen atoms in total. The van der Waals surface area contributed by atoms with Gasteiger partial charge in [0.2, 0.25) is 0 Å². The highest BCUT2D eigenvalue weighted by molar-refractivity contribution is 5.29. The average molecular weight is 307 g/mol. The molecule has 0 aromatic carbocycles. The molecule has 1 atom stereocenters. The summed E-state index contributed by atoms with van der Waals surface area (Å²) >= 11 is 0. The monoisotopic (exact) mass is 307 g/mol. The number of halogens is 3. The molecule has 2 aromatic heterocycles. The molecule has 2 heterocycles. The molecule has 0 saturated heterocycles. The first kappa shape index (κ1) is 15.0. The van der Waals surface area contributed by atoms with Crippen LogP contribution in [-0.4, -0.2) is 9.97 Å². The maximum atomic E-state index is 12.5. The Kier molecular flexibility index (Phi) is 4.11. The van der Waals surface area contributed by atoms with E-state index >= 15 is 0 Å². The number of nitrogens with zero attached hydrogens (tertiary/aromatic N) is 2. The molecule has 0 aliphatic heterocycles. The van der Waals surface area contributed by atoms with Gasteiger partial charge in [-0.3, -0.25) is 9.97 Å². The minimum absolute atomic E-state index is 0.182. The minimum Gasteiger partial charge on any atom is -0.304 e. The van der Waals surface area contributed by atoms with Crippen LogP contribution in [-0.2, 0) is 19.1 Å². The van der Waals surface area contributed by atoms with Gasteiger partial charge in [0.15, 0.2) is 0 Å². The summed E-state index contributed by atoms with van der Waals surface area (Å²) < 4.78 is 37.5. The van der Waals surface area contributed by atoms with E-state index in [1.807, 2.05) is 12.3 Å². The number of aryl methyl sites for hydroxylation is 1. The molecule has 1 aliphatic rings. The summed E-state index contributed by atoms with van der Waals surface area (Å²) in [7, 11) is 0. The highest BCUT2D eigenvalue weighted by Gasteiger charge is 2.30. The molecule has 0 spiro atoms. The highest BCUT2D eigenvalue weighted by Crippen LogP contribution is 2.30. The largest absolute Gasteiger partial charge is 0.417 e. The Balaban J connectivity index is 1.66. The molecule has 6 heteroatoms. The third-order valence-corrected chi connectivity index (χ3v) is 3.94. The smallest absolute Gasteiger partial charge is 0.304 e. The lowest BCUT2D eigenvalue weighted by Gasteiger charge is -2.25. The van der Waals surface area contributed by atoms with Crippen LogP contribution in [0.4, 0.5) is 13.2 Å². The number of aromatic nitrogens is 2. The Morgan fingerprint density at radius 3 is 2.77 bits per heavy atom. The van der Waals surface area contributed by atoms with Crippen molar-refractivity contribution in [3.8, 4) is 0 Å². The Hall–Kier alpha value is -1.95. The Labute approximate surface area is 126 Å². The fourth-order valence-corrected chi connectivity index (χ4v) is 2.77. The molecular weight excluding hydrogens is 291 g/mol. The first-order chi connectivity index (χ1) is 10.5. The van der Waals surface area contributed by atoms with Gasteiger partial charge in [-0.05, 0) is 48.6 Å². The SMILES string of the molecule is FC(F)(F)c1ccc(CN[C@@H]2CCCc3ccncc32)nc1. The lowest BCUT2D eigenvalue weighted by molar-refractivity contribution is -0.137.